The zero-order valence-corrected chi connectivity index (χ0v) is 11.7. The first-order valence-electron chi connectivity index (χ1n) is 7.58. The molecule has 1 spiro atoms. The summed E-state index contributed by atoms with van der Waals surface area (Å²) in [6.07, 6.45) is 4.34. The molecule has 0 bridgehead atoms. The minimum atomic E-state index is 0.0681. The highest BCUT2D eigenvalue weighted by molar-refractivity contribution is 4.94. The highest BCUT2D eigenvalue weighted by Crippen LogP contribution is 2.36. The Kier molecular flexibility index (Phi) is 4.39. The second kappa shape index (κ2) is 6.06. The molecule has 3 saturated heterocycles. The predicted octanol–water partition coefficient (Wildman–Crippen LogP) is 0.374. The van der Waals surface area contributed by atoms with E-state index in [4.69, 9.17) is 19.9 Å². The van der Waals surface area contributed by atoms with E-state index in [9.17, 15) is 0 Å². The van der Waals surface area contributed by atoms with E-state index in [1.807, 2.05) is 0 Å². The van der Waals surface area contributed by atoms with Crippen LogP contribution in [0.2, 0.25) is 0 Å². The van der Waals surface area contributed by atoms with E-state index in [-0.39, 0.29) is 5.60 Å². The molecule has 0 saturated carbocycles. The summed E-state index contributed by atoms with van der Waals surface area (Å²) in [5.74, 6) is 0. The Morgan fingerprint density at radius 3 is 2.74 bits per heavy atom. The summed E-state index contributed by atoms with van der Waals surface area (Å²) < 4.78 is 17.2. The summed E-state index contributed by atoms with van der Waals surface area (Å²) in [7, 11) is 0. The normalized spacial score (nSPS) is 36.5. The molecule has 0 aromatic carbocycles. The maximum atomic E-state index is 6.13. The smallest absolute Gasteiger partial charge is 0.0741 e. The molecule has 2 atom stereocenters. The largest absolute Gasteiger partial charge is 0.381 e. The number of ether oxygens (including phenoxy) is 3. The van der Waals surface area contributed by atoms with Crippen LogP contribution >= 0.6 is 0 Å². The molecule has 3 rings (SSSR count). The third kappa shape index (κ3) is 2.95. The topological polar surface area (TPSA) is 57.0 Å². The quantitative estimate of drug-likeness (QED) is 0.786. The van der Waals surface area contributed by atoms with Crippen LogP contribution < -0.4 is 5.73 Å². The zero-order valence-electron chi connectivity index (χ0n) is 11.7. The first kappa shape index (κ1) is 13.8. The summed E-state index contributed by atoms with van der Waals surface area (Å²) in [5.41, 5.74) is 5.97. The molecule has 2 N–H and O–H groups in total. The molecule has 19 heavy (non-hydrogen) atoms. The molecule has 0 radical (unpaired) electrons. The Hall–Kier alpha value is -0.200. The van der Waals surface area contributed by atoms with Gasteiger partial charge in [0.1, 0.15) is 0 Å². The highest BCUT2D eigenvalue weighted by Gasteiger charge is 2.42. The summed E-state index contributed by atoms with van der Waals surface area (Å²) in [4.78, 5) is 2.57. The SMILES string of the molecule is NCC1COCCN1C1CCOC2(CCOCC2)C1. The molecule has 5 nitrogen and oxygen atoms in total. The van der Waals surface area contributed by atoms with Gasteiger partial charge in [-0.1, -0.05) is 0 Å². The van der Waals surface area contributed by atoms with Gasteiger partial charge >= 0.3 is 0 Å². The Bertz CT molecular complexity index is 289. The molecule has 0 aromatic heterocycles. The van der Waals surface area contributed by atoms with Gasteiger partial charge in [-0.25, -0.2) is 0 Å². The summed E-state index contributed by atoms with van der Waals surface area (Å²) >= 11 is 0. The van der Waals surface area contributed by atoms with Crippen LogP contribution in [-0.2, 0) is 14.2 Å². The zero-order chi connectivity index (χ0) is 13.1. The number of rotatable bonds is 2. The summed E-state index contributed by atoms with van der Waals surface area (Å²) in [5, 5.41) is 0. The number of hydrogen-bond acceptors (Lipinski definition) is 5. The van der Waals surface area contributed by atoms with E-state index in [1.165, 1.54) is 0 Å². The van der Waals surface area contributed by atoms with Crippen molar-refractivity contribution in [2.24, 2.45) is 5.73 Å². The Morgan fingerprint density at radius 1 is 1.11 bits per heavy atom. The van der Waals surface area contributed by atoms with E-state index in [2.05, 4.69) is 4.90 Å². The molecule has 3 aliphatic heterocycles. The van der Waals surface area contributed by atoms with E-state index in [0.29, 0.717) is 18.6 Å². The van der Waals surface area contributed by atoms with Crippen LogP contribution in [0.5, 0.6) is 0 Å². The molecule has 0 aromatic rings. The third-order valence-electron chi connectivity index (χ3n) is 4.89. The number of morpholine rings is 1. The Balaban J connectivity index is 1.66. The average Bonchev–Trinajstić information content (AvgIpc) is 2.48. The van der Waals surface area contributed by atoms with Crippen molar-refractivity contribution in [2.75, 3.05) is 46.1 Å². The Labute approximate surface area is 115 Å². The van der Waals surface area contributed by atoms with Crippen LogP contribution in [0.1, 0.15) is 25.7 Å². The van der Waals surface area contributed by atoms with Gasteiger partial charge in [0.15, 0.2) is 0 Å². The van der Waals surface area contributed by atoms with Gasteiger partial charge in [-0.15, -0.1) is 0 Å². The predicted molar refractivity (Wildman–Crippen MR) is 72.1 cm³/mol. The molecule has 0 aliphatic carbocycles. The molecule has 5 heteroatoms. The van der Waals surface area contributed by atoms with E-state index >= 15 is 0 Å². The molecule has 3 aliphatic rings. The van der Waals surface area contributed by atoms with Crippen LogP contribution in [0.25, 0.3) is 0 Å². The van der Waals surface area contributed by atoms with Crippen molar-refractivity contribution >= 4 is 0 Å². The third-order valence-corrected chi connectivity index (χ3v) is 4.89. The molecule has 0 amide bonds. The van der Waals surface area contributed by atoms with Crippen LogP contribution in [0.3, 0.4) is 0 Å². The van der Waals surface area contributed by atoms with Gasteiger partial charge in [0, 0.05) is 45.0 Å². The lowest BCUT2D eigenvalue weighted by molar-refractivity contribution is -0.161. The molecule has 110 valence electrons. The Morgan fingerprint density at radius 2 is 1.95 bits per heavy atom. The van der Waals surface area contributed by atoms with Crippen LogP contribution in [0.4, 0.5) is 0 Å². The molecule has 2 unspecified atom stereocenters. The van der Waals surface area contributed by atoms with Gasteiger partial charge < -0.3 is 19.9 Å². The molecule has 3 heterocycles. The lowest BCUT2D eigenvalue weighted by Crippen LogP contribution is -2.58. The van der Waals surface area contributed by atoms with Crippen LogP contribution in [-0.4, -0.2) is 68.7 Å². The van der Waals surface area contributed by atoms with E-state index in [0.717, 1.165) is 65.3 Å². The van der Waals surface area contributed by atoms with Crippen molar-refractivity contribution in [3.8, 4) is 0 Å². The van der Waals surface area contributed by atoms with Crippen molar-refractivity contribution in [1.29, 1.82) is 0 Å². The van der Waals surface area contributed by atoms with Gasteiger partial charge in [0.2, 0.25) is 0 Å². The number of nitrogens with two attached hydrogens (primary N) is 1. The number of nitrogens with zero attached hydrogens (tertiary/aromatic N) is 1. The monoisotopic (exact) mass is 270 g/mol. The summed E-state index contributed by atoms with van der Waals surface area (Å²) in [6.45, 7) is 5.88. The van der Waals surface area contributed by atoms with E-state index < -0.39 is 0 Å². The molecular weight excluding hydrogens is 244 g/mol. The van der Waals surface area contributed by atoms with Gasteiger partial charge in [0.05, 0.1) is 18.8 Å². The van der Waals surface area contributed by atoms with Crippen molar-refractivity contribution in [3.63, 3.8) is 0 Å². The second-order valence-corrected chi connectivity index (χ2v) is 5.99. The van der Waals surface area contributed by atoms with Gasteiger partial charge in [-0.2, -0.15) is 0 Å². The fourth-order valence-electron chi connectivity index (χ4n) is 3.73. The lowest BCUT2D eigenvalue weighted by atomic mass is 9.83. The second-order valence-electron chi connectivity index (χ2n) is 5.99. The standard InChI is InChI=1S/C14H26N2O3/c15-10-13-11-18-8-4-16(13)12-1-5-19-14(9-12)2-6-17-7-3-14/h12-13H,1-11,15H2. The van der Waals surface area contributed by atoms with Gasteiger partial charge in [-0.3, -0.25) is 4.90 Å². The first-order chi connectivity index (χ1) is 9.33. The highest BCUT2D eigenvalue weighted by atomic mass is 16.5. The fourth-order valence-corrected chi connectivity index (χ4v) is 3.73. The minimum absolute atomic E-state index is 0.0681. The van der Waals surface area contributed by atoms with Gasteiger partial charge in [-0.05, 0) is 25.7 Å². The molecule has 3 fully saturated rings. The maximum absolute atomic E-state index is 6.13. The first-order valence-corrected chi connectivity index (χ1v) is 7.58. The van der Waals surface area contributed by atoms with Crippen LogP contribution in [0, 0.1) is 0 Å². The van der Waals surface area contributed by atoms with E-state index in [1.54, 1.807) is 0 Å². The van der Waals surface area contributed by atoms with Crippen molar-refractivity contribution in [3.05, 3.63) is 0 Å². The van der Waals surface area contributed by atoms with Crippen molar-refractivity contribution < 1.29 is 14.2 Å². The van der Waals surface area contributed by atoms with Crippen molar-refractivity contribution in [2.45, 2.75) is 43.4 Å². The fraction of sp³-hybridized carbons (Fsp3) is 1.00. The maximum Gasteiger partial charge on any atom is 0.0741 e. The number of hydrogen-bond donors (Lipinski definition) is 1. The van der Waals surface area contributed by atoms with Crippen LogP contribution in [0.15, 0.2) is 0 Å². The summed E-state index contributed by atoms with van der Waals surface area (Å²) in [6, 6.07) is 0.984. The molecular formula is C14H26N2O3. The minimum Gasteiger partial charge on any atom is -0.381 e. The average molecular weight is 270 g/mol. The lowest BCUT2D eigenvalue weighted by Gasteiger charge is -2.49. The van der Waals surface area contributed by atoms with Crippen molar-refractivity contribution in [1.82, 2.24) is 4.90 Å². The van der Waals surface area contributed by atoms with Gasteiger partial charge in [0.25, 0.3) is 0 Å².